The van der Waals surface area contributed by atoms with Crippen molar-refractivity contribution in [3.05, 3.63) is 58.1 Å². The Labute approximate surface area is 158 Å². The molecule has 2 aromatic carbocycles. The molecule has 1 aromatic heterocycles. The third-order valence-corrected chi connectivity index (χ3v) is 4.88. The molecule has 0 aliphatic carbocycles. The molecule has 0 saturated carbocycles. The van der Waals surface area contributed by atoms with Crippen molar-refractivity contribution >= 4 is 39.3 Å². The lowest BCUT2D eigenvalue weighted by atomic mass is 10.1. The third-order valence-electron chi connectivity index (χ3n) is 3.57. The molecule has 128 valence electrons. The maximum absolute atomic E-state index is 12.1. The number of halogens is 1. The molecule has 5 nitrogen and oxygen atoms in total. The summed E-state index contributed by atoms with van der Waals surface area (Å²) in [5.74, 6) is 0.543. The second kappa shape index (κ2) is 7.84. The molecule has 7 heteroatoms. The summed E-state index contributed by atoms with van der Waals surface area (Å²) in [4.78, 5) is 12.1. The maximum atomic E-state index is 12.1. The van der Waals surface area contributed by atoms with Crippen LogP contribution in [-0.4, -0.2) is 21.9 Å². The molecule has 0 bridgehead atoms. The molecule has 0 spiro atoms. The van der Waals surface area contributed by atoms with Gasteiger partial charge in [0.05, 0.1) is 5.75 Å². The third kappa shape index (κ3) is 4.49. The van der Waals surface area contributed by atoms with Crippen LogP contribution < -0.4 is 5.32 Å². The summed E-state index contributed by atoms with van der Waals surface area (Å²) in [6, 6.07) is 13.5. The second-order valence-electron chi connectivity index (χ2n) is 5.48. The molecular weight excluding hydrogens is 402 g/mol. The monoisotopic (exact) mass is 417 g/mol. The minimum atomic E-state index is -0.119. The van der Waals surface area contributed by atoms with E-state index in [0.29, 0.717) is 11.1 Å². The van der Waals surface area contributed by atoms with Crippen molar-refractivity contribution in [3.63, 3.8) is 0 Å². The molecule has 0 radical (unpaired) electrons. The fraction of sp³-hybridized carbons (Fsp3) is 0.167. The predicted molar refractivity (Wildman–Crippen MR) is 103 cm³/mol. The van der Waals surface area contributed by atoms with Gasteiger partial charge in [0.2, 0.25) is 11.8 Å². The Morgan fingerprint density at radius 1 is 1.16 bits per heavy atom. The highest BCUT2D eigenvalue weighted by atomic mass is 79.9. The number of carbonyl (C=O) groups is 1. The Balaban J connectivity index is 1.60. The van der Waals surface area contributed by atoms with Crippen LogP contribution in [0.2, 0.25) is 0 Å². The van der Waals surface area contributed by atoms with Gasteiger partial charge in [0, 0.05) is 15.7 Å². The number of nitrogens with one attached hydrogen (secondary N) is 1. The maximum Gasteiger partial charge on any atom is 0.277 e. The van der Waals surface area contributed by atoms with E-state index in [2.05, 4.69) is 31.4 Å². The van der Waals surface area contributed by atoms with Crippen LogP contribution in [0.5, 0.6) is 0 Å². The van der Waals surface area contributed by atoms with Crippen molar-refractivity contribution < 1.29 is 9.21 Å². The molecule has 0 aliphatic heterocycles. The quantitative estimate of drug-likeness (QED) is 0.601. The van der Waals surface area contributed by atoms with Crippen molar-refractivity contribution in [2.75, 3.05) is 11.1 Å². The average molecular weight is 418 g/mol. The van der Waals surface area contributed by atoms with Crippen molar-refractivity contribution in [2.24, 2.45) is 0 Å². The van der Waals surface area contributed by atoms with Crippen LogP contribution in [0.15, 0.2) is 56.6 Å². The number of aromatic nitrogens is 2. The topological polar surface area (TPSA) is 68.0 Å². The van der Waals surface area contributed by atoms with Gasteiger partial charge in [-0.15, -0.1) is 10.2 Å². The van der Waals surface area contributed by atoms with Gasteiger partial charge in [0.15, 0.2) is 0 Å². The summed E-state index contributed by atoms with van der Waals surface area (Å²) >= 11 is 4.62. The Morgan fingerprint density at radius 3 is 2.72 bits per heavy atom. The highest BCUT2D eigenvalue weighted by molar-refractivity contribution is 9.10. The number of anilines is 1. The van der Waals surface area contributed by atoms with Gasteiger partial charge in [-0.1, -0.05) is 45.9 Å². The van der Waals surface area contributed by atoms with Gasteiger partial charge in [-0.05, 0) is 49.2 Å². The van der Waals surface area contributed by atoms with Crippen molar-refractivity contribution in [2.45, 2.75) is 19.1 Å². The Bertz CT molecular complexity index is 911. The van der Waals surface area contributed by atoms with E-state index >= 15 is 0 Å². The van der Waals surface area contributed by atoms with E-state index in [-0.39, 0.29) is 11.7 Å². The Morgan fingerprint density at radius 2 is 1.96 bits per heavy atom. The largest absolute Gasteiger partial charge is 0.411 e. The normalized spacial score (nSPS) is 10.7. The van der Waals surface area contributed by atoms with Crippen LogP contribution in [0, 0.1) is 13.8 Å². The first-order valence-electron chi connectivity index (χ1n) is 7.61. The minimum Gasteiger partial charge on any atom is -0.411 e. The number of nitrogens with zero attached hydrogens (tertiary/aromatic N) is 2. The Hall–Kier alpha value is -2.12. The summed E-state index contributed by atoms with van der Waals surface area (Å²) < 4.78 is 6.62. The molecule has 0 fully saturated rings. The van der Waals surface area contributed by atoms with Gasteiger partial charge in [0.25, 0.3) is 5.22 Å². The lowest BCUT2D eigenvalue weighted by Crippen LogP contribution is -2.14. The van der Waals surface area contributed by atoms with Crippen LogP contribution in [0.4, 0.5) is 5.69 Å². The first kappa shape index (κ1) is 17.7. The van der Waals surface area contributed by atoms with Gasteiger partial charge in [-0.3, -0.25) is 4.79 Å². The molecule has 0 saturated heterocycles. The van der Waals surface area contributed by atoms with Crippen LogP contribution in [-0.2, 0) is 4.79 Å². The molecule has 3 rings (SSSR count). The van der Waals surface area contributed by atoms with Gasteiger partial charge in [0.1, 0.15) is 0 Å². The molecule has 1 heterocycles. The molecule has 3 aromatic rings. The number of amides is 1. The Kier molecular flexibility index (Phi) is 5.55. The first-order valence-corrected chi connectivity index (χ1v) is 9.39. The zero-order valence-electron chi connectivity index (χ0n) is 13.7. The van der Waals surface area contributed by atoms with Gasteiger partial charge in [-0.2, -0.15) is 0 Å². The highest BCUT2D eigenvalue weighted by Gasteiger charge is 2.13. The molecule has 0 unspecified atom stereocenters. The lowest BCUT2D eigenvalue weighted by Gasteiger charge is -2.07. The molecular formula is C18H16BrN3O2S. The first-order chi connectivity index (χ1) is 12.0. The minimum absolute atomic E-state index is 0.119. The van der Waals surface area contributed by atoms with Gasteiger partial charge >= 0.3 is 0 Å². The number of rotatable bonds is 5. The van der Waals surface area contributed by atoms with Crippen molar-refractivity contribution in [3.8, 4) is 11.5 Å². The lowest BCUT2D eigenvalue weighted by molar-refractivity contribution is -0.113. The average Bonchev–Trinajstić information content (AvgIpc) is 3.05. The van der Waals surface area contributed by atoms with E-state index in [1.165, 1.54) is 11.8 Å². The van der Waals surface area contributed by atoms with Crippen LogP contribution in [0.25, 0.3) is 11.5 Å². The van der Waals surface area contributed by atoms with E-state index in [0.717, 1.165) is 26.9 Å². The van der Waals surface area contributed by atoms with E-state index in [9.17, 15) is 4.79 Å². The number of benzene rings is 2. The van der Waals surface area contributed by atoms with E-state index in [1.807, 2.05) is 56.3 Å². The van der Waals surface area contributed by atoms with Crippen LogP contribution >= 0.6 is 27.7 Å². The SMILES string of the molecule is Cc1cc(Br)ccc1NC(=O)CSc1nnc(-c2ccccc2C)o1. The fourth-order valence-electron chi connectivity index (χ4n) is 2.27. The highest BCUT2D eigenvalue weighted by Crippen LogP contribution is 2.26. The summed E-state index contributed by atoms with van der Waals surface area (Å²) in [5.41, 5.74) is 3.75. The van der Waals surface area contributed by atoms with E-state index < -0.39 is 0 Å². The van der Waals surface area contributed by atoms with Crippen molar-refractivity contribution in [1.82, 2.24) is 10.2 Å². The summed E-state index contributed by atoms with van der Waals surface area (Å²) in [7, 11) is 0. The number of hydrogen-bond donors (Lipinski definition) is 1. The zero-order valence-corrected chi connectivity index (χ0v) is 16.1. The number of carbonyl (C=O) groups excluding carboxylic acids is 1. The molecule has 1 N–H and O–H groups in total. The fourth-order valence-corrected chi connectivity index (χ4v) is 3.31. The van der Waals surface area contributed by atoms with Gasteiger partial charge < -0.3 is 9.73 Å². The van der Waals surface area contributed by atoms with Crippen molar-refractivity contribution in [1.29, 1.82) is 0 Å². The smallest absolute Gasteiger partial charge is 0.277 e. The molecule has 25 heavy (non-hydrogen) atoms. The predicted octanol–water partition coefficient (Wildman–Crippen LogP) is 4.85. The standard InChI is InChI=1S/C18H16BrN3O2S/c1-11-5-3-4-6-14(11)17-21-22-18(24-17)25-10-16(23)20-15-8-7-13(19)9-12(15)2/h3-9H,10H2,1-2H3,(H,20,23). The summed E-state index contributed by atoms with van der Waals surface area (Å²) in [5, 5.41) is 11.3. The van der Waals surface area contributed by atoms with Crippen LogP contribution in [0.3, 0.4) is 0 Å². The summed E-state index contributed by atoms with van der Waals surface area (Å²) in [6.45, 7) is 3.93. The zero-order chi connectivity index (χ0) is 17.8. The number of hydrogen-bond acceptors (Lipinski definition) is 5. The second-order valence-corrected chi connectivity index (χ2v) is 7.33. The van der Waals surface area contributed by atoms with E-state index in [4.69, 9.17) is 4.42 Å². The molecule has 1 amide bonds. The van der Waals surface area contributed by atoms with E-state index in [1.54, 1.807) is 0 Å². The molecule has 0 aliphatic rings. The summed E-state index contributed by atoms with van der Waals surface area (Å²) in [6.07, 6.45) is 0. The van der Waals surface area contributed by atoms with Gasteiger partial charge in [-0.25, -0.2) is 0 Å². The van der Waals surface area contributed by atoms with Crippen LogP contribution in [0.1, 0.15) is 11.1 Å². The molecule has 0 atom stereocenters. The number of thioether (sulfide) groups is 1. The number of aryl methyl sites for hydroxylation is 2.